The molecule has 96 valence electrons. The molecular weight excluding hydrogens is 236 g/mol. The molecule has 0 fully saturated rings. The average molecular weight is 256 g/mol. The molecule has 0 aromatic carbocycles. The molecule has 0 amide bonds. The highest BCUT2D eigenvalue weighted by Gasteiger charge is 2.11. The van der Waals surface area contributed by atoms with E-state index in [-0.39, 0.29) is 11.8 Å². The second-order valence-corrected chi connectivity index (χ2v) is 6.67. The molecule has 0 aliphatic heterocycles. The molecule has 17 heavy (non-hydrogen) atoms. The zero-order valence-corrected chi connectivity index (χ0v) is 11.4. The van der Waals surface area contributed by atoms with Gasteiger partial charge < -0.3 is 5.32 Å². The number of nitrogens with zero attached hydrogens (tertiary/aromatic N) is 1. The molecule has 4 nitrogen and oxygen atoms in total. The van der Waals surface area contributed by atoms with Crippen LogP contribution in [0.1, 0.15) is 30.0 Å². The lowest BCUT2D eigenvalue weighted by Gasteiger charge is -2.16. The minimum absolute atomic E-state index is 0.171. The molecule has 1 N–H and O–H groups in total. The SMILES string of the molecule is CNC(CCCS(C)(=O)=O)c1cncc(C)c1. The minimum atomic E-state index is -2.86. The van der Waals surface area contributed by atoms with Gasteiger partial charge in [0.25, 0.3) is 0 Å². The van der Waals surface area contributed by atoms with Gasteiger partial charge in [0.1, 0.15) is 9.84 Å². The Balaban J connectivity index is 2.60. The van der Waals surface area contributed by atoms with Crippen molar-refractivity contribution in [3.63, 3.8) is 0 Å². The van der Waals surface area contributed by atoms with E-state index in [1.807, 2.05) is 26.4 Å². The summed E-state index contributed by atoms with van der Waals surface area (Å²) in [5, 5.41) is 3.20. The number of hydrogen-bond acceptors (Lipinski definition) is 4. The average Bonchev–Trinajstić information content (AvgIpc) is 2.23. The molecule has 1 aromatic rings. The van der Waals surface area contributed by atoms with Crippen molar-refractivity contribution in [3.05, 3.63) is 29.6 Å². The van der Waals surface area contributed by atoms with E-state index >= 15 is 0 Å². The van der Waals surface area contributed by atoms with Crippen LogP contribution in [0.25, 0.3) is 0 Å². The molecule has 1 atom stereocenters. The minimum Gasteiger partial charge on any atom is -0.313 e. The third-order valence-electron chi connectivity index (χ3n) is 2.65. The lowest BCUT2D eigenvalue weighted by Crippen LogP contribution is -2.18. The highest BCUT2D eigenvalue weighted by atomic mass is 32.2. The quantitative estimate of drug-likeness (QED) is 0.837. The summed E-state index contributed by atoms with van der Waals surface area (Å²) in [7, 11) is -0.979. The number of rotatable bonds is 6. The van der Waals surface area contributed by atoms with E-state index < -0.39 is 9.84 Å². The van der Waals surface area contributed by atoms with Gasteiger partial charge in [-0.15, -0.1) is 0 Å². The second-order valence-electron chi connectivity index (χ2n) is 4.41. The molecule has 0 aliphatic rings. The van der Waals surface area contributed by atoms with E-state index in [0.29, 0.717) is 6.42 Å². The molecular formula is C12H20N2O2S. The molecule has 0 bridgehead atoms. The van der Waals surface area contributed by atoms with Crippen LogP contribution >= 0.6 is 0 Å². The third-order valence-corrected chi connectivity index (χ3v) is 3.69. The normalized spacial score (nSPS) is 13.6. The summed E-state index contributed by atoms with van der Waals surface area (Å²) in [6.45, 7) is 2.00. The highest BCUT2D eigenvalue weighted by molar-refractivity contribution is 7.90. The summed E-state index contributed by atoms with van der Waals surface area (Å²) in [4.78, 5) is 4.15. The maximum atomic E-state index is 11.1. The Bertz CT molecular complexity index is 457. The smallest absolute Gasteiger partial charge is 0.147 e. The van der Waals surface area contributed by atoms with Crippen molar-refractivity contribution in [2.75, 3.05) is 19.1 Å². The molecule has 1 heterocycles. The van der Waals surface area contributed by atoms with Gasteiger partial charge in [-0.3, -0.25) is 4.98 Å². The first-order valence-electron chi connectivity index (χ1n) is 5.69. The number of aryl methyl sites for hydroxylation is 1. The van der Waals surface area contributed by atoms with Crippen molar-refractivity contribution in [1.29, 1.82) is 0 Å². The summed E-state index contributed by atoms with van der Waals surface area (Å²) >= 11 is 0. The first-order chi connectivity index (χ1) is 7.92. The highest BCUT2D eigenvalue weighted by Crippen LogP contribution is 2.18. The van der Waals surface area contributed by atoms with Gasteiger partial charge in [0.2, 0.25) is 0 Å². The van der Waals surface area contributed by atoms with Crippen LogP contribution in [-0.2, 0) is 9.84 Å². The molecule has 0 saturated carbocycles. The van der Waals surface area contributed by atoms with Crippen LogP contribution in [-0.4, -0.2) is 32.5 Å². The van der Waals surface area contributed by atoms with Crippen molar-refractivity contribution in [1.82, 2.24) is 10.3 Å². The van der Waals surface area contributed by atoms with E-state index in [9.17, 15) is 8.42 Å². The number of aromatic nitrogens is 1. The zero-order chi connectivity index (χ0) is 12.9. The maximum absolute atomic E-state index is 11.1. The standard InChI is InChI=1S/C12H20N2O2S/c1-10-7-11(9-14-8-10)12(13-2)5-4-6-17(3,15)16/h7-9,12-13H,4-6H2,1-3H3. The summed E-state index contributed by atoms with van der Waals surface area (Å²) in [6.07, 6.45) is 6.38. The van der Waals surface area contributed by atoms with Gasteiger partial charge in [-0.1, -0.05) is 6.07 Å². The molecule has 0 radical (unpaired) electrons. The predicted molar refractivity (Wildman–Crippen MR) is 69.7 cm³/mol. The van der Waals surface area contributed by atoms with Gasteiger partial charge in [-0.05, 0) is 37.9 Å². The van der Waals surface area contributed by atoms with Crippen LogP contribution in [0.2, 0.25) is 0 Å². The van der Waals surface area contributed by atoms with Gasteiger partial charge in [-0.2, -0.15) is 0 Å². The van der Waals surface area contributed by atoms with E-state index in [2.05, 4.69) is 16.4 Å². The molecule has 0 aliphatic carbocycles. The maximum Gasteiger partial charge on any atom is 0.147 e. The lowest BCUT2D eigenvalue weighted by atomic mass is 10.0. The fourth-order valence-corrected chi connectivity index (χ4v) is 2.49. The molecule has 1 aromatic heterocycles. The van der Waals surface area contributed by atoms with Crippen LogP contribution < -0.4 is 5.32 Å². The first-order valence-corrected chi connectivity index (χ1v) is 7.75. The van der Waals surface area contributed by atoms with Crippen LogP contribution in [0.5, 0.6) is 0 Å². The first kappa shape index (κ1) is 14.1. The molecule has 1 rings (SSSR count). The van der Waals surface area contributed by atoms with Gasteiger partial charge in [0.05, 0.1) is 0 Å². The van der Waals surface area contributed by atoms with Crippen LogP contribution in [0.4, 0.5) is 0 Å². The van der Waals surface area contributed by atoms with Gasteiger partial charge in [-0.25, -0.2) is 8.42 Å². The summed E-state index contributed by atoms with van der Waals surface area (Å²) < 4.78 is 22.1. The summed E-state index contributed by atoms with van der Waals surface area (Å²) in [5.41, 5.74) is 2.23. The van der Waals surface area contributed by atoms with Crippen molar-refractivity contribution in [2.45, 2.75) is 25.8 Å². The Morgan fingerprint density at radius 1 is 1.41 bits per heavy atom. The molecule has 5 heteroatoms. The monoisotopic (exact) mass is 256 g/mol. The molecule has 0 saturated heterocycles. The van der Waals surface area contributed by atoms with Crippen molar-refractivity contribution < 1.29 is 8.42 Å². The van der Waals surface area contributed by atoms with Crippen molar-refractivity contribution >= 4 is 9.84 Å². The van der Waals surface area contributed by atoms with E-state index in [1.54, 1.807) is 0 Å². The Morgan fingerprint density at radius 3 is 2.65 bits per heavy atom. The van der Waals surface area contributed by atoms with Crippen molar-refractivity contribution in [3.8, 4) is 0 Å². The van der Waals surface area contributed by atoms with Crippen LogP contribution in [0.15, 0.2) is 18.5 Å². The van der Waals surface area contributed by atoms with Gasteiger partial charge in [0, 0.05) is 30.4 Å². The topological polar surface area (TPSA) is 59.1 Å². The Morgan fingerprint density at radius 2 is 2.12 bits per heavy atom. The van der Waals surface area contributed by atoms with E-state index in [4.69, 9.17) is 0 Å². The zero-order valence-electron chi connectivity index (χ0n) is 10.6. The van der Waals surface area contributed by atoms with Gasteiger partial charge in [0.15, 0.2) is 0 Å². The lowest BCUT2D eigenvalue weighted by molar-refractivity contribution is 0.534. The van der Waals surface area contributed by atoms with E-state index in [0.717, 1.165) is 17.5 Å². The summed E-state index contributed by atoms with van der Waals surface area (Å²) in [6, 6.07) is 2.25. The largest absolute Gasteiger partial charge is 0.313 e. The second kappa shape index (κ2) is 6.12. The Kier molecular flexibility index (Phi) is 5.08. The van der Waals surface area contributed by atoms with Crippen LogP contribution in [0.3, 0.4) is 0 Å². The predicted octanol–water partition coefficient (Wildman–Crippen LogP) is 1.48. The molecule has 0 spiro atoms. The number of nitrogens with one attached hydrogen (secondary N) is 1. The fourth-order valence-electron chi connectivity index (χ4n) is 1.80. The number of hydrogen-bond donors (Lipinski definition) is 1. The number of sulfone groups is 1. The van der Waals surface area contributed by atoms with Crippen molar-refractivity contribution in [2.24, 2.45) is 0 Å². The van der Waals surface area contributed by atoms with Gasteiger partial charge >= 0.3 is 0 Å². The summed E-state index contributed by atoms with van der Waals surface area (Å²) in [5.74, 6) is 0.241. The molecule has 1 unspecified atom stereocenters. The number of pyridine rings is 1. The van der Waals surface area contributed by atoms with E-state index in [1.165, 1.54) is 6.26 Å². The van der Waals surface area contributed by atoms with Crippen LogP contribution in [0, 0.1) is 6.92 Å². The Hall–Kier alpha value is -0.940. The third kappa shape index (κ3) is 5.28. The Labute approximate surface area is 103 Å². The fraction of sp³-hybridized carbons (Fsp3) is 0.583.